The van der Waals surface area contributed by atoms with E-state index < -0.39 is 0 Å². The maximum absolute atomic E-state index is 12.0. The van der Waals surface area contributed by atoms with Crippen LogP contribution in [0.2, 0.25) is 0 Å². The van der Waals surface area contributed by atoms with Gasteiger partial charge in [-0.15, -0.1) is 11.3 Å². The summed E-state index contributed by atoms with van der Waals surface area (Å²) in [4.78, 5) is 16.2. The van der Waals surface area contributed by atoms with Crippen molar-refractivity contribution in [2.75, 3.05) is 5.32 Å². The van der Waals surface area contributed by atoms with Crippen LogP contribution in [0.3, 0.4) is 0 Å². The summed E-state index contributed by atoms with van der Waals surface area (Å²) >= 11 is 1.50. The molecule has 2 N–H and O–H groups in total. The monoisotopic (exact) mass is 265 g/mol. The van der Waals surface area contributed by atoms with E-state index in [0.717, 1.165) is 23.7 Å². The number of fused-ring (bicyclic) bond motifs is 2. The van der Waals surface area contributed by atoms with E-state index in [1.165, 1.54) is 24.2 Å². The van der Waals surface area contributed by atoms with Gasteiger partial charge >= 0.3 is 0 Å². The number of piperidine rings is 1. The summed E-state index contributed by atoms with van der Waals surface area (Å²) < 4.78 is 0. The fraction of sp³-hybridized carbons (Fsp3) is 0.692. The Bertz CT molecular complexity index is 433. The number of nitrogens with one attached hydrogen (secondary N) is 2. The van der Waals surface area contributed by atoms with E-state index >= 15 is 0 Å². The Kier molecular flexibility index (Phi) is 3.35. The molecule has 98 valence electrons. The largest absolute Gasteiger partial charge is 0.311 e. The highest BCUT2D eigenvalue weighted by atomic mass is 32.1. The van der Waals surface area contributed by atoms with Crippen LogP contribution in [0.15, 0.2) is 5.38 Å². The Balaban J connectivity index is 1.52. The summed E-state index contributed by atoms with van der Waals surface area (Å²) in [6.45, 7) is 1.94. The highest BCUT2D eigenvalue weighted by molar-refractivity contribution is 7.13. The molecule has 2 atom stereocenters. The molecule has 3 heterocycles. The predicted molar refractivity (Wildman–Crippen MR) is 72.8 cm³/mol. The second kappa shape index (κ2) is 4.97. The van der Waals surface area contributed by atoms with Gasteiger partial charge in [-0.2, -0.15) is 0 Å². The van der Waals surface area contributed by atoms with E-state index in [4.69, 9.17) is 0 Å². The number of hydrogen-bond donors (Lipinski definition) is 2. The minimum Gasteiger partial charge on any atom is -0.311 e. The van der Waals surface area contributed by atoms with Crippen LogP contribution in [0.25, 0.3) is 0 Å². The Labute approximate surface area is 111 Å². The van der Waals surface area contributed by atoms with Crippen molar-refractivity contribution in [2.45, 2.75) is 51.1 Å². The van der Waals surface area contributed by atoms with Crippen molar-refractivity contribution < 1.29 is 4.79 Å². The van der Waals surface area contributed by atoms with Gasteiger partial charge in [0.15, 0.2) is 5.13 Å². The van der Waals surface area contributed by atoms with Gasteiger partial charge in [0.05, 0.1) is 5.69 Å². The maximum Gasteiger partial charge on any atom is 0.226 e. The van der Waals surface area contributed by atoms with E-state index in [2.05, 4.69) is 15.6 Å². The Hall–Kier alpha value is -0.940. The normalized spacial score (nSPS) is 30.4. The Morgan fingerprint density at radius 1 is 1.50 bits per heavy atom. The molecule has 0 aliphatic carbocycles. The first-order valence-corrected chi connectivity index (χ1v) is 7.55. The average Bonchev–Trinajstić information content (AvgIpc) is 2.85. The van der Waals surface area contributed by atoms with Crippen molar-refractivity contribution in [3.63, 3.8) is 0 Å². The lowest BCUT2D eigenvalue weighted by atomic mass is 9.89. The fourth-order valence-electron chi connectivity index (χ4n) is 3.19. The first-order chi connectivity index (χ1) is 8.69. The number of carbonyl (C=O) groups is 1. The molecule has 2 aliphatic rings. The highest BCUT2D eigenvalue weighted by Gasteiger charge is 2.34. The predicted octanol–water partition coefficient (Wildman–Crippen LogP) is 2.31. The average molecular weight is 265 g/mol. The van der Waals surface area contributed by atoms with E-state index in [0.29, 0.717) is 24.4 Å². The zero-order valence-corrected chi connectivity index (χ0v) is 11.4. The Morgan fingerprint density at radius 2 is 2.22 bits per heavy atom. The van der Waals surface area contributed by atoms with Crippen molar-refractivity contribution in [1.29, 1.82) is 0 Å². The molecule has 2 unspecified atom stereocenters. The van der Waals surface area contributed by atoms with Crippen molar-refractivity contribution in [1.82, 2.24) is 10.3 Å². The van der Waals surface area contributed by atoms with Crippen molar-refractivity contribution in [3.8, 4) is 0 Å². The second-order valence-corrected chi connectivity index (χ2v) is 6.38. The van der Waals surface area contributed by atoms with Crippen LogP contribution in [-0.4, -0.2) is 23.0 Å². The lowest BCUT2D eigenvalue weighted by molar-refractivity contribution is -0.117. The minimum atomic E-state index is 0.121. The van der Waals surface area contributed by atoms with Crippen LogP contribution in [0.5, 0.6) is 0 Å². The third-order valence-corrected chi connectivity index (χ3v) is 4.79. The molecule has 2 saturated heterocycles. The highest BCUT2D eigenvalue weighted by Crippen LogP contribution is 2.32. The molecule has 18 heavy (non-hydrogen) atoms. The number of hydrogen-bond acceptors (Lipinski definition) is 4. The molecule has 1 aromatic rings. The van der Waals surface area contributed by atoms with Crippen molar-refractivity contribution >= 4 is 22.4 Å². The molecule has 2 bridgehead atoms. The van der Waals surface area contributed by atoms with Crippen LogP contribution in [0, 0.1) is 12.8 Å². The van der Waals surface area contributed by atoms with Gasteiger partial charge in [0.25, 0.3) is 0 Å². The third-order valence-electron chi connectivity index (χ3n) is 3.91. The topological polar surface area (TPSA) is 54.0 Å². The van der Waals surface area contributed by atoms with E-state index in [-0.39, 0.29) is 5.91 Å². The number of aryl methyl sites for hydroxylation is 1. The maximum atomic E-state index is 12.0. The van der Waals surface area contributed by atoms with Crippen molar-refractivity contribution in [2.24, 2.45) is 5.92 Å². The molecule has 0 radical (unpaired) electrons. The smallest absolute Gasteiger partial charge is 0.226 e. The number of amides is 1. The van der Waals surface area contributed by atoms with Crippen LogP contribution in [0.1, 0.15) is 37.8 Å². The summed E-state index contributed by atoms with van der Waals surface area (Å²) in [5.41, 5.74) is 0.968. The first kappa shape index (κ1) is 12.1. The minimum absolute atomic E-state index is 0.121. The summed E-state index contributed by atoms with van der Waals surface area (Å²) in [6, 6.07) is 1.31. The number of nitrogens with zero attached hydrogens (tertiary/aromatic N) is 1. The number of anilines is 1. The zero-order chi connectivity index (χ0) is 12.5. The number of carbonyl (C=O) groups excluding carboxylic acids is 1. The Morgan fingerprint density at radius 3 is 2.83 bits per heavy atom. The lowest BCUT2D eigenvalue weighted by Crippen LogP contribution is -2.39. The van der Waals surface area contributed by atoms with Crippen molar-refractivity contribution in [3.05, 3.63) is 11.1 Å². The third kappa shape index (κ3) is 2.72. The van der Waals surface area contributed by atoms with Gasteiger partial charge < -0.3 is 10.6 Å². The SMILES string of the molecule is Cc1csc(NC(=O)CC2CC3CCC(C2)N3)n1. The lowest BCUT2D eigenvalue weighted by Gasteiger charge is -2.28. The van der Waals surface area contributed by atoms with Gasteiger partial charge in [0.2, 0.25) is 5.91 Å². The van der Waals surface area contributed by atoms with Gasteiger partial charge in [-0.3, -0.25) is 4.79 Å². The molecule has 0 aromatic carbocycles. The molecule has 1 aromatic heterocycles. The number of thiazole rings is 1. The molecule has 0 saturated carbocycles. The van der Waals surface area contributed by atoms with Gasteiger partial charge in [-0.1, -0.05) is 0 Å². The molecule has 5 heteroatoms. The zero-order valence-electron chi connectivity index (χ0n) is 10.6. The summed E-state index contributed by atoms with van der Waals surface area (Å²) in [5.74, 6) is 0.667. The molecule has 2 fully saturated rings. The quantitative estimate of drug-likeness (QED) is 0.882. The standard InChI is InChI=1S/C13H19N3OS/c1-8-7-18-13(14-8)16-12(17)6-9-4-10-2-3-11(5-9)15-10/h7,9-11,15H,2-6H2,1H3,(H,14,16,17). The molecule has 3 rings (SSSR count). The summed E-state index contributed by atoms with van der Waals surface area (Å²) in [5, 5.41) is 9.20. The van der Waals surface area contributed by atoms with E-state index in [9.17, 15) is 4.79 Å². The van der Waals surface area contributed by atoms with E-state index in [1.54, 1.807) is 0 Å². The van der Waals surface area contributed by atoms with Gasteiger partial charge in [0.1, 0.15) is 0 Å². The number of aromatic nitrogens is 1. The summed E-state index contributed by atoms with van der Waals surface area (Å²) in [7, 11) is 0. The second-order valence-electron chi connectivity index (χ2n) is 5.52. The number of rotatable bonds is 3. The van der Waals surface area contributed by atoms with Gasteiger partial charge in [-0.25, -0.2) is 4.98 Å². The fourth-order valence-corrected chi connectivity index (χ4v) is 3.89. The van der Waals surface area contributed by atoms with Crippen LogP contribution >= 0.6 is 11.3 Å². The molecular formula is C13H19N3OS. The van der Waals surface area contributed by atoms with E-state index in [1.807, 2.05) is 12.3 Å². The molecule has 0 spiro atoms. The molecule has 4 nitrogen and oxygen atoms in total. The van der Waals surface area contributed by atoms with Crippen LogP contribution in [-0.2, 0) is 4.79 Å². The van der Waals surface area contributed by atoms with Crippen LogP contribution < -0.4 is 10.6 Å². The van der Waals surface area contributed by atoms with Gasteiger partial charge in [0, 0.05) is 23.9 Å². The molecule has 1 amide bonds. The first-order valence-electron chi connectivity index (χ1n) is 6.67. The summed E-state index contributed by atoms with van der Waals surface area (Å²) in [6.07, 6.45) is 5.53. The molecular weight excluding hydrogens is 246 g/mol. The molecule has 2 aliphatic heterocycles. The van der Waals surface area contributed by atoms with Gasteiger partial charge in [-0.05, 0) is 38.5 Å². The van der Waals surface area contributed by atoms with Crippen LogP contribution in [0.4, 0.5) is 5.13 Å².